The first-order valence-electron chi connectivity index (χ1n) is 8.71. The molecule has 128 valence electrons. The monoisotopic (exact) mass is 343 g/mol. The van der Waals surface area contributed by atoms with Crippen molar-refractivity contribution in [2.45, 2.75) is 13.3 Å². The van der Waals surface area contributed by atoms with Crippen LogP contribution in [0.5, 0.6) is 11.5 Å². The van der Waals surface area contributed by atoms with E-state index in [-0.39, 0.29) is 6.79 Å². The molecule has 0 fully saturated rings. The zero-order valence-electron chi connectivity index (χ0n) is 14.4. The van der Waals surface area contributed by atoms with Crippen LogP contribution in [0, 0.1) is 0 Å². The lowest BCUT2D eigenvalue weighted by Crippen LogP contribution is -1.92. The smallest absolute Gasteiger partial charge is 0.231 e. The molecule has 4 nitrogen and oxygen atoms in total. The minimum Gasteiger partial charge on any atom is -0.454 e. The number of hydrogen-bond donors (Lipinski definition) is 0. The first-order chi connectivity index (χ1) is 12.8. The standard InChI is InChI=1S/C22H17NO3/c1-2-14-5-3-4-6-17(14)22-23-18-9-7-15(11-20(18)26-22)16-8-10-19-21(12-16)25-13-24-19/h3-12H,2,13H2,1H3. The Balaban J connectivity index is 1.58. The van der Waals surface area contributed by atoms with E-state index in [1.807, 2.05) is 42.5 Å². The van der Waals surface area contributed by atoms with Crippen LogP contribution in [0.4, 0.5) is 0 Å². The highest BCUT2D eigenvalue weighted by Crippen LogP contribution is 2.37. The van der Waals surface area contributed by atoms with Gasteiger partial charge in [-0.2, -0.15) is 0 Å². The van der Waals surface area contributed by atoms with E-state index in [0.717, 1.165) is 45.7 Å². The molecule has 0 radical (unpaired) electrons. The SMILES string of the molecule is CCc1ccccc1-c1nc2ccc(-c3ccc4c(c3)OCO4)cc2o1. The fourth-order valence-corrected chi connectivity index (χ4v) is 3.33. The van der Waals surface area contributed by atoms with Gasteiger partial charge in [-0.3, -0.25) is 0 Å². The maximum absolute atomic E-state index is 6.08. The average molecular weight is 343 g/mol. The maximum Gasteiger partial charge on any atom is 0.231 e. The number of rotatable bonds is 3. The predicted molar refractivity (Wildman–Crippen MR) is 100 cm³/mol. The van der Waals surface area contributed by atoms with Crippen LogP contribution < -0.4 is 9.47 Å². The van der Waals surface area contributed by atoms with E-state index in [0.29, 0.717) is 5.89 Å². The van der Waals surface area contributed by atoms with Crippen molar-refractivity contribution in [3.05, 3.63) is 66.2 Å². The molecule has 5 rings (SSSR count). The lowest BCUT2D eigenvalue weighted by molar-refractivity contribution is 0.174. The van der Waals surface area contributed by atoms with Gasteiger partial charge in [0.2, 0.25) is 12.7 Å². The second kappa shape index (κ2) is 5.92. The Labute approximate surface area is 151 Å². The fraction of sp³-hybridized carbons (Fsp3) is 0.136. The van der Waals surface area contributed by atoms with Crippen molar-refractivity contribution in [3.63, 3.8) is 0 Å². The number of aryl methyl sites for hydroxylation is 1. The summed E-state index contributed by atoms with van der Waals surface area (Å²) in [4.78, 5) is 4.67. The maximum atomic E-state index is 6.08. The molecule has 0 aliphatic carbocycles. The molecule has 0 saturated heterocycles. The van der Waals surface area contributed by atoms with Crippen LogP contribution >= 0.6 is 0 Å². The molecule has 26 heavy (non-hydrogen) atoms. The van der Waals surface area contributed by atoms with Crippen LogP contribution in [0.15, 0.2) is 65.1 Å². The third kappa shape index (κ3) is 2.42. The summed E-state index contributed by atoms with van der Waals surface area (Å²) in [5, 5.41) is 0. The number of ether oxygens (including phenoxy) is 2. The molecular weight excluding hydrogens is 326 g/mol. The number of hydrogen-bond acceptors (Lipinski definition) is 4. The highest BCUT2D eigenvalue weighted by molar-refractivity contribution is 5.83. The lowest BCUT2D eigenvalue weighted by Gasteiger charge is -2.03. The number of nitrogens with zero attached hydrogens (tertiary/aromatic N) is 1. The molecule has 4 heteroatoms. The summed E-state index contributed by atoms with van der Waals surface area (Å²) in [7, 11) is 0. The minimum atomic E-state index is 0.278. The quantitative estimate of drug-likeness (QED) is 0.496. The number of aromatic nitrogens is 1. The Hall–Kier alpha value is -3.27. The van der Waals surface area contributed by atoms with Crippen molar-refractivity contribution in [1.82, 2.24) is 4.98 Å². The van der Waals surface area contributed by atoms with Gasteiger partial charge in [-0.1, -0.05) is 37.3 Å². The highest BCUT2D eigenvalue weighted by atomic mass is 16.7. The normalized spacial score (nSPS) is 12.7. The number of oxazole rings is 1. The number of fused-ring (bicyclic) bond motifs is 2. The molecule has 0 unspecified atom stereocenters. The van der Waals surface area contributed by atoms with Gasteiger partial charge in [0, 0.05) is 5.56 Å². The van der Waals surface area contributed by atoms with Crippen LogP contribution in [0.3, 0.4) is 0 Å². The molecule has 1 aliphatic rings. The van der Waals surface area contributed by atoms with Crippen molar-refractivity contribution in [2.75, 3.05) is 6.79 Å². The molecule has 0 saturated carbocycles. The Morgan fingerprint density at radius 2 is 1.69 bits per heavy atom. The molecule has 1 aromatic heterocycles. The Morgan fingerprint density at radius 3 is 2.62 bits per heavy atom. The topological polar surface area (TPSA) is 44.5 Å². The Morgan fingerprint density at radius 1 is 0.885 bits per heavy atom. The summed E-state index contributed by atoms with van der Waals surface area (Å²) in [5.74, 6) is 2.23. The van der Waals surface area contributed by atoms with E-state index in [1.165, 1.54) is 5.56 Å². The third-order valence-corrected chi connectivity index (χ3v) is 4.72. The van der Waals surface area contributed by atoms with E-state index in [2.05, 4.69) is 30.1 Å². The molecule has 0 spiro atoms. The molecule has 4 aromatic rings. The van der Waals surface area contributed by atoms with Gasteiger partial charge < -0.3 is 13.9 Å². The summed E-state index contributed by atoms with van der Waals surface area (Å²) >= 11 is 0. The van der Waals surface area contributed by atoms with Crippen molar-refractivity contribution in [3.8, 4) is 34.1 Å². The van der Waals surface area contributed by atoms with Gasteiger partial charge in [0.25, 0.3) is 0 Å². The summed E-state index contributed by atoms with van der Waals surface area (Å²) in [5.41, 5.74) is 6.03. The van der Waals surface area contributed by atoms with Gasteiger partial charge >= 0.3 is 0 Å². The van der Waals surface area contributed by atoms with E-state index < -0.39 is 0 Å². The van der Waals surface area contributed by atoms with Gasteiger partial charge in [-0.25, -0.2) is 4.98 Å². The number of benzene rings is 3. The van der Waals surface area contributed by atoms with Gasteiger partial charge in [-0.15, -0.1) is 0 Å². The second-order valence-corrected chi connectivity index (χ2v) is 6.28. The average Bonchev–Trinajstić information content (AvgIpc) is 3.33. The van der Waals surface area contributed by atoms with Crippen molar-refractivity contribution >= 4 is 11.1 Å². The predicted octanol–water partition coefficient (Wildman–Crippen LogP) is 5.45. The van der Waals surface area contributed by atoms with E-state index in [9.17, 15) is 0 Å². The van der Waals surface area contributed by atoms with Crippen LogP contribution in [-0.2, 0) is 6.42 Å². The largest absolute Gasteiger partial charge is 0.454 e. The first kappa shape index (κ1) is 15.0. The molecule has 0 atom stereocenters. The van der Waals surface area contributed by atoms with E-state index >= 15 is 0 Å². The van der Waals surface area contributed by atoms with Gasteiger partial charge in [-0.05, 0) is 53.4 Å². The van der Waals surface area contributed by atoms with Gasteiger partial charge in [0.15, 0.2) is 17.1 Å². The Kier molecular flexibility index (Phi) is 3.42. The van der Waals surface area contributed by atoms with Crippen LogP contribution in [-0.4, -0.2) is 11.8 Å². The zero-order chi connectivity index (χ0) is 17.5. The van der Waals surface area contributed by atoms with Gasteiger partial charge in [0.1, 0.15) is 5.52 Å². The lowest BCUT2D eigenvalue weighted by atomic mass is 10.0. The first-order valence-corrected chi connectivity index (χ1v) is 8.71. The van der Waals surface area contributed by atoms with Crippen molar-refractivity contribution in [2.24, 2.45) is 0 Å². The van der Waals surface area contributed by atoms with E-state index in [1.54, 1.807) is 0 Å². The molecule has 1 aliphatic heterocycles. The molecule has 0 bridgehead atoms. The highest BCUT2D eigenvalue weighted by Gasteiger charge is 2.15. The molecular formula is C22H17NO3. The molecule has 2 heterocycles. The summed E-state index contributed by atoms with van der Waals surface area (Å²) in [6.45, 7) is 2.42. The minimum absolute atomic E-state index is 0.278. The van der Waals surface area contributed by atoms with Gasteiger partial charge in [0.05, 0.1) is 0 Å². The summed E-state index contributed by atoms with van der Waals surface area (Å²) < 4.78 is 16.9. The van der Waals surface area contributed by atoms with Crippen molar-refractivity contribution < 1.29 is 13.9 Å². The van der Waals surface area contributed by atoms with Crippen LogP contribution in [0.2, 0.25) is 0 Å². The van der Waals surface area contributed by atoms with Crippen LogP contribution in [0.1, 0.15) is 12.5 Å². The second-order valence-electron chi connectivity index (χ2n) is 6.28. The molecule has 0 N–H and O–H groups in total. The van der Waals surface area contributed by atoms with E-state index in [4.69, 9.17) is 13.9 Å². The summed E-state index contributed by atoms with van der Waals surface area (Å²) in [6.07, 6.45) is 0.942. The van der Waals surface area contributed by atoms with Crippen molar-refractivity contribution in [1.29, 1.82) is 0 Å². The summed E-state index contributed by atoms with van der Waals surface area (Å²) in [6, 6.07) is 20.3. The zero-order valence-corrected chi connectivity index (χ0v) is 14.4. The van der Waals surface area contributed by atoms with Crippen LogP contribution in [0.25, 0.3) is 33.7 Å². The third-order valence-electron chi connectivity index (χ3n) is 4.72. The Bertz CT molecular complexity index is 1110. The molecule has 3 aromatic carbocycles. The fourth-order valence-electron chi connectivity index (χ4n) is 3.33. The molecule has 0 amide bonds.